The van der Waals surface area contributed by atoms with Crippen LogP contribution in [0, 0.1) is 12.7 Å². The van der Waals surface area contributed by atoms with Crippen molar-refractivity contribution in [2.75, 3.05) is 5.32 Å². The Morgan fingerprint density at radius 3 is 2.62 bits per heavy atom. The molecule has 0 radical (unpaired) electrons. The maximum absolute atomic E-state index is 13.6. The molecule has 9 nitrogen and oxygen atoms in total. The summed E-state index contributed by atoms with van der Waals surface area (Å²) < 4.78 is 41.2. The number of nitrogens with one attached hydrogen (secondary N) is 2. The zero-order valence-corrected chi connectivity index (χ0v) is 18.6. The van der Waals surface area contributed by atoms with Gasteiger partial charge in [-0.25, -0.2) is 36.9 Å². The molecule has 0 bridgehead atoms. The van der Waals surface area contributed by atoms with Crippen molar-refractivity contribution in [2.24, 2.45) is 0 Å². The van der Waals surface area contributed by atoms with Crippen LogP contribution in [0.3, 0.4) is 0 Å². The summed E-state index contributed by atoms with van der Waals surface area (Å²) in [4.78, 5) is 33.3. The van der Waals surface area contributed by atoms with E-state index in [1.165, 1.54) is 47.2 Å². The molecule has 1 aromatic carbocycles. The van der Waals surface area contributed by atoms with Crippen molar-refractivity contribution in [1.29, 1.82) is 0 Å². The third kappa shape index (κ3) is 4.33. The van der Waals surface area contributed by atoms with Gasteiger partial charge in [-0.05, 0) is 49.4 Å². The number of hydrogen-bond acceptors (Lipinski definition) is 7. The SMILES string of the molecule is Cc1nc2ccc(F)cc2c(=O)n1-c1ccc(NC(=O)NS(=O)(=O)c2ccc(Cl)s2)cn1. The number of aryl methyl sites for hydroxylation is 1. The first-order valence-corrected chi connectivity index (χ1v) is 11.6. The van der Waals surface area contributed by atoms with Gasteiger partial charge in [-0.2, -0.15) is 0 Å². The van der Waals surface area contributed by atoms with Crippen LogP contribution in [-0.2, 0) is 10.0 Å². The molecular weight excluding hydrogens is 481 g/mol. The maximum Gasteiger partial charge on any atom is 0.333 e. The number of rotatable bonds is 4. The van der Waals surface area contributed by atoms with Crippen LogP contribution in [0.1, 0.15) is 5.82 Å². The van der Waals surface area contributed by atoms with Gasteiger partial charge in [-0.3, -0.25) is 4.79 Å². The van der Waals surface area contributed by atoms with E-state index in [0.29, 0.717) is 11.3 Å². The zero-order chi connectivity index (χ0) is 23.0. The van der Waals surface area contributed by atoms with E-state index in [0.717, 1.165) is 17.4 Å². The number of anilines is 1. The second-order valence-corrected chi connectivity index (χ2v) is 10.1. The number of pyridine rings is 1. The topological polar surface area (TPSA) is 123 Å². The fraction of sp³-hybridized carbons (Fsp3) is 0.0526. The molecule has 0 aliphatic heterocycles. The molecule has 3 heterocycles. The number of nitrogens with zero attached hydrogens (tertiary/aromatic N) is 3. The molecule has 0 unspecified atom stereocenters. The van der Waals surface area contributed by atoms with E-state index in [-0.39, 0.29) is 25.4 Å². The number of thiophene rings is 1. The van der Waals surface area contributed by atoms with Crippen molar-refractivity contribution >= 4 is 55.6 Å². The van der Waals surface area contributed by atoms with Gasteiger partial charge < -0.3 is 5.32 Å². The van der Waals surface area contributed by atoms with Crippen LogP contribution in [0.25, 0.3) is 16.7 Å². The normalized spacial score (nSPS) is 11.5. The molecule has 0 atom stereocenters. The van der Waals surface area contributed by atoms with E-state index in [2.05, 4.69) is 15.3 Å². The molecule has 164 valence electrons. The van der Waals surface area contributed by atoms with E-state index in [1.54, 1.807) is 6.92 Å². The average molecular weight is 494 g/mol. The number of amides is 2. The summed E-state index contributed by atoms with van der Waals surface area (Å²) in [6.07, 6.45) is 1.24. The summed E-state index contributed by atoms with van der Waals surface area (Å²) in [5.41, 5.74) is 0.0307. The lowest BCUT2D eigenvalue weighted by Gasteiger charge is -2.11. The third-order valence-electron chi connectivity index (χ3n) is 4.27. The number of urea groups is 1. The first kappa shape index (κ1) is 21.9. The Morgan fingerprint density at radius 1 is 1.19 bits per heavy atom. The lowest BCUT2D eigenvalue weighted by molar-refractivity contribution is 0.256. The molecule has 4 rings (SSSR count). The minimum Gasteiger partial charge on any atom is -0.306 e. The number of sulfonamides is 1. The van der Waals surface area contributed by atoms with Crippen LogP contribution in [-0.4, -0.2) is 29.0 Å². The molecule has 0 fully saturated rings. The van der Waals surface area contributed by atoms with Gasteiger partial charge in [-0.15, -0.1) is 11.3 Å². The van der Waals surface area contributed by atoms with Crippen LogP contribution in [0.2, 0.25) is 4.34 Å². The number of carbonyl (C=O) groups excluding carboxylic acids is 1. The number of fused-ring (bicyclic) bond motifs is 1. The molecule has 0 aliphatic rings. The van der Waals surface area contributed by atoms with Gasteiger partial charge >= 0.3 is 6.03 Å². The third-order valence-corrected chi connectivity index (χ3v) is 7.33. The van der Waals surface area contributed by atoms with Crippen molar-refractivity contribution in [3.8, 4) is 5.82 Å². The smallest absolute Gasteiger partial charge is 0.306 e. The fourth-order valence-corrected chi connectivity index (χ4v) is 5.29. The molecule has 0 spiro atoms. The average Bonchev–Trinajstić information content (AvgIpc) is 3.17. The van der Waals surface area contributed by atoms with Crippen molar-refractivity contribution in [3.63, 3.8) is 0 Å². The Bertz CT molecular complexity index is 1520. The van der Waals surface area contributed by atoms with Crippen LogP contribution in [0.5, 0.6) is 0 Å². The van der Waals surface area contributed by atoms with Crippen LogP contribution < -0.4 is 15.6 Å². The second kappa shape index (κ2) is 8.30. The first-order valence-electron chi connectivity index (χ1n) is 8.88. The van der Waals surface area contributed by atoms with Gasteiger partial charge in [0.05, 0.1) is 27.1 Å². The summed E-state index contributed by atoms with van der Waals surface area (Å²) in [6.45, 7) is 1.60. The van der Waals surface area contributed by atoms with E-state index in [9.17, 15) is 22.4 Å². The van der Waals surface area contributed by atoms with E-state index < -0.39 is 27.4 Å². The molecule has 32 heavy (non-hydrogen) atoms. The van der Waals surface area contributed by atoms with Crippen LogP contribution >= 0.6 is 22.9 Å². The highest BCUT2D eigenvalue weighted by Gasteiger charge is 2.20. The lowest BCUT2D eigenvalue weighted by atomic mass is 10.2. The Balaban J connectivity index is 1.56. The standard InChI is InChI=1S/C19H13ClFN5O4S2/c1-10-23-14-4-2-11(21)8-13(14)18(27)26(10)16-6-3-12(9-22-16)24-19(28)25-32(29,30)17-7-5-15(20)31-17/h2-9H,1H3,(H2,24,25,28). The van der Waals surface area contributed by atoms with Crippen LogP contribution in [0.4, 0.5) is 14.9 Å². The van der Waals surface area contributed by atoms with Crippen molar-refractivity contribution in [1.82, 2.24) is 19.3 Å². The highest BCUT2D eigenvalue weighted by atomic mass is 35.5. The van der Waals surface area contributed by atoms with Gasteiger partial charge in [0.2, 0.25) is 0 Å². The molecule has 2 N–H and O–H groups in total. The van der Waals surface area contributed by atoms with Gasteiger partial charge in [0.1, 0.15) is 21.7 Å². The van der Waals surface area contributed by atoms with E-state index in [4.69, 9.17) is 11.6 Å². The fourth-order valence-electron chi connectivity index (χ4n) is 2.90. The highest BCUT2D eigenvalue weighted by molar-refractivity contribution is 7.92. The molecule has 13 heteroatoms. The largest absolute Gasteiger partial charge is 0.333 e. The zero-order valence-electron chi connectivity index (χ0n) is 16.2. The summed E-state index contributed by atoms with van der Waals surface area (Å²) in [7, 11) is -4.08. The van der Waals surface area contributed by atoms with Crippen molar-refractivity contribution in [2.45, 2.75) is 11.1 Å². The molecule has 3 aromatic heterocycles. The van der Waals surface area contributed by atoms with Gasteiger partial charge in [-0.1, -0.05) is 11.6 Å². The molecule has 0 saturated heterocycles. The highest BCUT2D eigenvalue weighted by Crippen LogP contribution is 2.25. The number of aromatic nitrogens is 3. The predicted octanol–water partition coefficient (Wildman–Crippen LogP) is 3.45. The lowest BCUT2D eigenvalue weighted by Crippen LogP contribution is -2.34. The number of carbonyl (C=O) groups is 1. The molecule has 2 amide bonds. The Labute approximate surface area is 189 Å². The monoisotopic (exact) mass is 493 g/mol. The Hall–Kier alpha value is -3.35. The Morgan fingerprint density at radius 2 is 1.97 bits per heavy atom. The summed E-state index contributed by atoms with van der Waals surface area (Å²) in [5, 5.41) is 2.44. The molecular formula is C19H13ClFN5O4S2. The van der Waals surface area contributed by atoms with Gasteiger partial charge in [0.25, 0.3) is 15.6 Å². The van der Waals surface area contributed by atoms with Gasteiger partial charge in [0.15, 0.2) is 0 Å². The molecule has 4 aromatic rings. The number of halogens is 2. The first-order chi connectivity index (χ1) is 15.1. The minimum absolute atomic E-state index is 0.0952. The number of benzene rings is 1. The Kier molecular flexibility index (Phi) is 5.67. The minimum atomic E-state index is -4.08. The van der Waals surface area contributed by atoms with Gasteiger partial charge in [0, 0.05) is 0 Å². The molecule has 0 aliphatic carbocycles. The second-order valence-electron chi connectivity index (χ2n) is 6.48. The van der Waals surface area contributed by atoms with Crippen LogP contribution in [0.15, 0.2) is 57.7 Å². The summed E-state index contributed by atoms with van der Waals surface area (Å²) in [5.74, 6) is -0.0381. The van der Waals surface area contributed by atoms with E-state index >= 15 is 0 Å². The quantitative estimate of drug-likeness (QED) is 0.449. The van der Waals surface area contributed by atoms with E-state index in [1.807, 2.05) is 4.72 Å². The summed E-state index contributed by atoms with van der Waals surface area (Å²) >= 11 is 6.54. The predicted molar refractivity (Wildman–Crippen MR) is 118 cm³/mol. The van der Waals surface area contributed by atoms with Crippen molar-refractivity contribution in [3.05, 3.63) is 75.0 Å². The maximum atomic E-state index is 13.6. The van der Waals surface area contributed by atoms with Crippen molar-refractivity contribution < 1.29 is 17.6 Å². The molecule has 0 saturated carbocycles. The summed E-state index contributed by atoms with van der Waals surface area (Å²) in [6, 6.07) is 8.28. The number of hydrogen-bond donors (Lipinski definition) is 2.